The highest BCUT2D eigenvalue weighted by Gasteiger charge is 2.27. The molecule has 0 atom stereocenters. The third-order valence-electron chi connectivity index (χ3n) is 4.25. The number of hydrogen-bond acceptors (Lipinski definition) is 4. The van der Waals surface area contributed by atoms with Gasteiger partial charge in [0, 0.05) is 30.4 Å². The number of halogens is 2. The van der Waals surface area contributed by atoms with E-state index in [2.05, 4.69) is 20.6 Å². The Hall–Kier alpha value is -3.06. The zero-order valence-corrected chi connectivity index (χ0v) is 14.3. The van der Waals surface area contributed by atoms with Crippen molar-refractivity contribution in [3.05, 3.63) is 58.6 Å². The molecule has 8 heteroatoms. The van der Waals surface area contributed by atoms with Gasteiger partial charge in [0.15, 0.2) is 0 Å². The van der Waals surface area contributed by atoms with Gasteiger partial charge in [-0.2, -0.15) is 0 Å². The third kappa shape index (κ3) is 2.76. The number of H-pyrrole nitrogens is 1. The molecule has 0 fully saturated rings. The summed E-state index contributed by atoms with van der Waals surface area (Å²) in [6, 6.07) is 7.96. The number of aromatic nitrogens is 2. The number of amides is 1. The zero-order valence-electron chi connectivity index (χ0n) is 13.6. The Morgan fingerprint density at radius 2 is 2.15 bits per heavy atom. The Morgan fingerprint density at radius 3 is 2.96 bits per heavy atom. The summed E-state index contributed by atoms with van der Waals surface area (Å²) in [6.07, 6.45) is 2.25. The summed E-state index contributed by atoms with van der Waals surface area (Å²) >= 11 is 6.08. The molecule has 1 aromatic carbocycles. The number of nitrogens with one attached hydrogen (secondary N) is 3. The predicted octanol–water partition coefficient (Wildman–Crippen LogP) is 3.48. The van der Waals surface area contributed by atoms with Crippen LogP contribution >= 0.6 is 11.6 Å². The maximum absolute atomic E-state index is 13.8. The first-order valence-electron chi connectivity index (χ1n) is 8.00. The normalized spacial score (nSPS) is 13.2. The molecule has 0 bridgehead atoms. The highest BCUT2D eigenvalue weighted by atomic mass is 35.5. The predicted molar refractivity (Wildman–Crippen MR) is 99.2 cm³/mol. The van der Waals surface area contributed by atoms with Crippen LogP contribution in [0.3, 0.4) is 0 Å². The molecule has 0 spiro atoms. The fourth-order valence-electron chi connectivity index (χ4n) is 3.06. The van der Waals surface area contributed by atoms with Crippen LogP contribution in [0.5, 0.6) is 0 Å². The van der Waals surface area contributed by atoms with Gasteiger partial charge in [0.1, 0.15) is 11.6 Å². The van der Waals surface area contributed by atoms with E-state index in [1.54, 1.807) is 30.5 Å². The number of benzene rings is 1. The third-order valence-corrected chi connectivity index (χ3v) is 4.63. The van der Waals surface area contributed by atoms with Gasteiger partial charge in [0.25, 0.3) is 5.91 Å². The maximum atomic E-state index is 13.8. The lowest BCUT2D eigenvalue weighted by Gasteiger charge is -2.15. The molecule has 3 aromatic rings. The van der Waals surface area contributed by atoms with Crippen molar-refractivity contribution in [3.8, 4) is 11.3 Å². The number of rotatable bonds is 3. The second-order valence-corrected chi connectivity index (χ2v) is 6.31. The SMILES string of the molecule is Nc1cc(-c2[nH]c3c(c2Nc2cccc(F)c2Cl)C(=O)NCC3)ccn1. The van der Waals surface area contributed by atoms with E-state index >= 15 is 0 Å². The minimum Gasteiger partial charge on any atom is -0.384 e. The van der Waals surface area contributed by atoms with Gasteiger partial charge in [-0.25, -0.2) is 9.37 Å². The van der Waals surface area contributed by atoms with E-state index in [9.17, 15) is 9.18 Å². The molecule has 0 unspecified atom stereocenters. The number of nitrogen functional groups attached to an aromatic ring is 1. The van der Waals surface area contributed by atoms with Crippen LogP contribution in [0.2, 0.25) is 5.02 Å². The molecule has 0 radical (unpaired) electrons. The molecule has 0 saturated heterocycles. The number of pyridine rings is 1. The van der Waals surface area contributed by atoms with Crippen LogP contribution in [0.15, 0.2) is 36.5 Å². The molecule has 3 heterocycles. The zero-order chi connectivity index (χ0) is 18.3. The van der Waals surface area contributed by atoms with Crippen LogP contribution in [0, 0.1) is 5.82 Å². The number of carbonyl (C=O) groups excluding carboxylic acids is 1. The summed E-state index contributed by atoms with van der Waals surface area (Å²) in [5.74, 6) is -0.389. The number of nitrogens with zero attached hydrogens (tertiary/aromatic N) is 1. The Labute approximate surface area is 153 Å². The van der Waals surface area contributed by atoms with Crippen molar-refractivity contribution in [2.24, 2.45) is 0 Å². The van der Waals surface area contributed by atoms with Crippen molar-refractivity contribution in [2.45, 2.75) is 6.42 Å². The van der Waals surface area contributed by atoms with Crippen molar-refractivity contribution in [1.82, 2.24) is 15.3 Å². The largest absolute Gasteiger partial charge is 0.384 e. The minimum atomic E-state index is -0.541. The van der Waals surface area contributed by atoms with Gasteiger partial charge in [0.2, 0.25) is 0 Å². The van der Waals surface area contributed by atoms with Crippen molar-refractivity contribution in [1.29, 1.82) is 0 Å². The number of carbonyl (C=O) groups is 1. The van der Waals surface area contributed by atoms with Crippen molar-refractivity contribution >= 4 is 34.7 Å². The molecular weight excluding hydrogens is 357 g/mol. The van der Waals surface area contributed by atoms with Gasteiger partial charge in [-0.3, -0.25) is 4.79 Å². The Balaban J connectivity index is 1.90. The van der Waals surface area contributed by atoms with Crippen molar-refractivity contribution in [2.75, 3.05) is 17.6 Å². The number of hydrogen-bond donors (Lipinski definition) is 4. The number of anilines is 3. The van der Waals surface area contributed by atoms with Gasteiger partial charge >= 0.3 is 0 Å². The fourth-order valence-corrected chi connectivity index (χ4v) is 3.23. The number of fused-ring (bicyclic) bond motifs is 1. The second-order valence-electron chi connectivity index (χ2n) is 5.93. The quantitative estimate of drug-likeness (QED) is 0.566. The van der Waals surface area contributed by atoms with Crippen molar-refractivity contribution < 1.29 is 9.18 Å². The smallest absolute Gasteiger partial charge is 0.255 e. The molecule has 26 heavy (non-hydrogen) atoms. The van der Waals surface area contributed by atoms with Gasteiger partial charge in [-0.15, -0.1) is 0 Å². The average Bonchev–Trinajstić information content (AvgIpc) is 2.99. The second kappa shape index (κ2) is 6.34. The standard InChI is InChI=1S/C18H15ClFN5O/c19-15-10(20)2-1-3-12(15)25-17-14-11(5-7-23-18(14)26)24-16(17)9-4-6-22-13(21)8-9/h1-4,6,8,24-25H,5,7H2,(H2,21,22)(H,23,26). The molecule has 4 rings (SSSR count). The molecule has 1 amide bonds. The topological polar surface area (TPSA) is 95.8 Å². The average molecular weight is 372 g/mol. The number of aromatic amines is 1. The van der Waals surface area contributed by atoms with Crippen LogP contribution < -0.4 is 16.4 Å². The van der Waals surface area contributed by atoms with Crippen LogP contribution in [-0.4, -0.2) is 22.4 Å². The van der Waals surface area contributed by atoms with E-state index in [4.69, 9.17) is 17.3 Å². The van der Waals surface area contributed by atoms with E-state index in [1.807, 2.05) is 0 Å². The van der Waals surface area contributed by atoms with Gasteiger partial charge in [0.05, 0.1) is 27.7 Å². The Morgan fingerprint density at radius 1 is 1.31 bits per heavy atom. The molecular formula is C18H15ClFN5O. The van der Waals surface area contributed by atoms with E-state index in [0.29, 0.717) is 41.4 Å². The van der Waals surface area contributed by atoms with Crippen molar-refractivity contribution in [3.63, 3.8) is 0 Å². The summed E-state index contributed by atoms with van der Waals surface area (Å²) in [5, 5.41) is 5.89. The van der Waals surface area contributed by atoms with Gasteiger partial charge < -0.3 is 21.4 Å². The van der Waals surface area contributed by atoms with E-state index < -0.39 is 5.82 Å². The summed E-state index contributed by atoms with van der Waals surface area (Å²) in [7, 11) is 0. The first-order chi connectivity index (χ1) is 12.5. The molecule has 0 aliphatic carbocycles. The lowest BCUT2D eigenvalue weighted by atomic mass is 10.1. The first-order valence-corrected chi connectivity index (χ1v) is 8.38. The van der Waals surface area contributed by atoms with E-state index in [1.165, 1.54) is 6.07 Å². The molecule has 132 valence electrons. The van der Waals surface area contributed by atoms with E-state index in [-0.39, 0.29) is 10.9 Å². The minimum absolute atomic E-state index is 0.0427. The summed E-state index contributed by atoms with van der Waals surface area (Å²) in [5.41, 5.74) is 9.41. The monoisotopic (exact) mass is 371 g/mol. The molecule has 6 nitrogen and oxygen atoms in total. The van der Waals surface area contributed by atoms with Crippen LogP contribution in [0.1, 0.15) is 16.1 Å². The van der Waals surface area contributed by atoms with Gasteiger partial charge in [-0.05, 0) is 24.3 Å². The van der Waals surface area contributed by atoms with Crippen LogP contribution in [-0.2, 0) is 6.42 Å². The first kappa shape index (κ1) is 16.4. The molecule has 0 saturated carbocycles. The maximum Gasteiger partial charge on any atom is 0.255 e. The highest BCUT2D eigenvalue weighted by molar-refractivity contribution is 6.33. The Kier molecular flexibility index (Phi) is 4.00. The molecule has 2 aromatic heterocycles. The fraction of sp³-hybridized carbons (Fsp3) is 0.111. The highest BCUT2D eigenvalue weighted by Crippen LogP contribution is 2.38. The Bertz CT molecular complexity index is 1020. The summed E-state index contributed by atoms with van der Waals surface area (Å²) in [4.78, 5) is 19.7. The lowest BCUT2D eigenvalue weighted by Crippen LogP contribution is -2.31. The van der Waals surface area contributed by atoms with Gasteiger partial charge in [-0.1, -0.05) is 17.7 Å². The summed E-state index contributed by atoms with van der Waals surface area (Å²) in [6.45, 7) is 0.546. The van der Waals surface area contributed by atoms with E-state index in [0.717, 1.165) is 11.3 Å². The van der Waals surface area contributed by atoms with Crippen LogP contribution in [0.25, 0.3) is 11.3 Å². The van der Waals surface area contributed by atoms with Crippen LogP contribution in [0.4, 0.5) is 21.6 Å². The number of nitrogens with two attached hydrogens (primary N) is 1. The molecule has 5 N–H and O–H groups in total. The molecule has 1 aliphatic heterocycles. The summed E-state index contributed by atoms with van der Waals surface area (Å²) < 4.78 is 13.8. The lowest BCUT2D eigenvalue weighted by molar-refractivity contribution is 0.0947. The molecule has 1 aliphatic rings.